The van der Waals surface area contributed by atoms with Gasteiger partial charge in [-0.3, -0.25) is 4.79 Å². The van der Waals surface area contributed by atoms with Crippen LogP contribution in [0.1, 0.15) is 0 Å². The molecule has 29 heavy (non-hydrogen) atoms. The van der Waals surface area contributed by atoms with Gasteiger partial charge in [0.25, 0.3) is 0 Å². The van der Waals surface area contributed by atoms with Gasteiger partial charge >= 0.3 is 0 Å². The smallest absolute Gasteiger partial charge is 0.247 e. The first-order chi connectivity index (χ1) is 14.2. The molecule has 2 heterocycles. The van der Waals surface area contributed by atoms with Crippen molar-refractivity contribution in [3.8, 4) is 0 Å². The first kappa shape index (κ1) is 19.3. The van der Waals surface area contributed by atoms with E-state index in [9.17, 15) is 9.00 Å². The van der Waals surface area contributed by atoms with Crippen LogP contribution >= 0.6 is 0 Å². The highest BCUT2D eigenvalue weighted by Gasteiger charge is 2.23. The number of fused-ring (bicyclic) bond motifs is 1. The van der Waals surface area contributed by atoms with Crippen LogP contribution in [-0.4, -0.2) is 45.6 Å². The van der Waals surface area contributed by atoms with E-state index in [-0.39, 0.29) is 5.91 Å². The number of hydrogen-bond acceptors (Lipinski definition) is 4. The number of hydrogen-bond donors (Lipinski definition) is 1. The molecule has 1 aliphatic heterocycles. The Labute approximate surface area is 172 Å². The van der Waals surface area contributed by atoms with Gasteiger partial charge in [0.05, 0.1) is 4.90 Å². The maximum absolute atomic E-state index is 12.9. The van der Waals surface area contributed by atoms with Crippen molar-refractivity contribution in [2.45, 2.75) is 4.90 Å². The van der Waals surface area contributed by atoms with Crippen LogP contribution in [0.3, 0.4) is 0 Å². The van der Waals surface area contributed by atoms with E-state index in [1.54, 1.807) is 24.3 Å². The van der Waals surface area contributed by atoms with Crippen LogP contribution in [0.4, 0.5) is 11.5 Å². The van der Waals surface area contributed by atoms with Gasteiger partial charge in [0, 0.05) is 43.4 Å². The molecule has 1 N–H and O–H groups in total. The van der Waals surface area contributed by atoms with Crippen LogP contribution in [0, 0.1) is 0 Å². The second-order valence-corrected chi connectivity index (χ2v) is 8.22. The molecule has 0 spiro atoms. The molecular weight excluding hydrogens is 384 g/mol. The van der Waals surface area contributed by atoms with E-state index >= 15 is 0 Å². The SMILES string of the molecule is C=CC(=O)Nc1ccc(S(=O)N2CCN(c3nccc4ccccc34)CC2)cc1. The molecule has 1 aliphatic rings. The minimum atomic E-state index is -1.24. The van der Waals surface area contributed by atoms with Crippen molar-refractivity contribution < 1.29 is 9.00 Å². The average molecular weight is 407 g/mol. The van der Waals surface area contributed by atoms with Gasteiger partial charge in [-0.1, -0.05) is 30.8 Å². The summed E-state index contributed by atoms with van der Waals surface area (Å²) in [5.41, 5.74) is 0.655. The van der Waals surface area contributed by atoms with E-state index in [4.69, 9.17) is 0 Å². The van der Waals surface area contributed by atoms with E-state index < -0.39 is 11.0 Å². The number of carbonyl (C=O) groups is 1. The summed E-state index contributed by atoms with van der Waals surface area (Å²) in [6, 6.07) is 17.3. The lowest BCUT2D eigenvalue weighted by molar-refractivity contribution is -0.111. The van der Waals surface area contributed by atoms with Crippen molar-refractivity contribution in [1.82, 2.24) is 9.29 Å². The summed E-state index contributed by atoms with van der Waals surface area (Å²) < 4.78 is 14.9. The Bertz CT molecular complexity index is 1050. The van der Waals surface area contributed by atoms with Crippen LogP contribution in [-0.2, 0) is 15.8 Å². The number of aromatic nitrogens is 1. The van der Waals surface area contributed by atoms with Crippen molar-refractivity contribution in [1.29, 1.82) is 0 Å². The molecule has 0 radical (unpaired) electrons. The largest absolute Gasteiger partial charge is 0.353 e. The standard InChI is InChI=1S/C22H22N4O2S/c1-2-21(27)24-18-7-9-19(10-8-18)29(28)26-15-13-25(14-16-26)22-20-6-4-3-5-17(20)11-12-23-22/h2-12H,1,13-16H2,(H,24,27). The Morgan fingerprint density at radius 3 is 2.48 bits per heavy atom. The Morgan fingerprint density at radius 1 is 1.03 bits per heavy atom. The molecule has 0 bridgehead atoms. The maximum atomic E-state index is 12.9. The summed E-state index contributed by atoms with van der Waals surface area (Å²) >= 11 is 0. The molecule has 1 aromatic heterocycles. The molecule has 0 aliphatic carbocycles. The third-order valence-corrected chi connectivity index (χ3v) is 6.44. The molecule has 1 unspecified atom stereocenters. The van der Waals surface area contributed by atoms with Crippen molar-refractivity contribution in [2.75, 3.05) is 36.4 Å². The van der Waals surface area contributed by atoms with Crippen LogP contribution in [0.15, 0.2) is 78.3 Å². The first-order valence-electron chi connectivity index (χ1n) is 9.45. The lowest BCUT2D eigenvalue weighted by Gasteiger charge is -2.34. The molecule has 0 saturated carbocycles. The second-order valence-electron chi connectivity index (χ2n) is 6.74. The highest BCUT2D eigenvalue weighted by molar-refractivity contribution is 7.82. The summed E-state index contributed by atoms with van der Waals surface area (Å²) in [6.45, 7) is 6.33. The Hall–Kier alpha value is -3.03. The van der Waals surface area contributed by atoms with Crippen molar-refractivity contribution in [2.24, 2.45) is 0 Å². The third kappa shape index (κ3) is 4.21. The fourth-order valence-corrected chi connectivity index (χ4v) is 4.58. The van der Waals surface area contributed by atoms with Crippen molar-refractivity contribution in [3.05, 3.63) is 73.4 Å². The highest BCUT2D eigenvalue weighted by Crippen LogP contribution is 2.26. The first-order valence-corrected chi connectivity index (χ1v) is 10.6. The molecule has 6 nitrogen and oxygen atoms in total. The number of carbonyl (C=O) groups excluding carboxylic acids is 1. The number of nitrogens with zero attached hydrogens (tertiary/aromatic N) is 3. The highest BCUT2D eigenvalue weighted by atomic mass is 32.2. The number of nitrogens with one attached hydrogen (secondary N) is 1. The fourth-order valence-electron chi connectivity index (χ4n) is 3.42. The molecule has 148 valence electrons. The summed E-state index contributed by atoms with van der Waals surface area (Å²) in [5, 5.41) is 5.01. The van der Waals surface area contributed by atoms with Crippen molar-refractivity contribution >= 4 is 39.2 Å². The number of rotatable bonds is 5. The maximum Gasteiger partial charge on any atom is 0.247 e. The minimum absolute atomic E-state index is 0.267. The van der Waals surface area contributed by atoms with E-state index in [0.29, 0.717) is 18.8 Å². The summed E-state index contributed by atoms with van der Waals surface area (Å²) in [4.78, 5) is 18.9. The second kappa shape index (κ2) is 8.55. The third-order valence-electron chi connectivity index (χ3n) is 4.93. The topological polar surface area (TPSA) is 65.5 Å². The lowest BCUT2D eigenvalue weighted by Crippen LogP contribution is -2.47. The van der Waals surface area contributed by atoms with Crippen LogP contribution in [0.25, 0.3) is 10.8 Å². The Balaban J connectivity index is 1.42. The Kier molecular flexibility index (Phi) is 5.69. The number of amides is 1. The van der Waals surface area contributed by atoms with Crippen LogP contribution in [0.5, 0.6) is 0 Å². The number of pyridine rings is 1. The van der Waals surface area contributed by atoms with Gasteiger partial charge in [0.1, 0.15) is 16.8 Å². The van der Waals surface area contributed by atoms with Gasteiger partial charge in [0.15, 0.2) is 0 Å². The van der Waals surface area contributed by atoms with Gasteiger partial charge in [-0.25, -0.2) is 13.5 Å². The number of benzene rings is 2. The van der Waals surface area contributed by atoms with Crippen LogP contribution in [0.2, 0.25) is 0 Å². The number of anilines is 2. The van der Waals surface area contributed by atoms with Gasteiger partial charge in [-0.05, 0) is 41.8 Å². The molecular formula is C22H22N4O2S. The van der Waals surface area contributed by atoms with Crippen LogP contribution < -0.4 is 10.2 Å². The summed E-state index contributed by atoms with van der Waals surface area (Å²) in [5.74, 6) is 0.716. The van der Waals surface area contributed by atoms with Gasteiger partial charge < -0.3 is 10.2 Å². The predicted octanol–water partition coefficient (Wildman–Crippen LogP) is 3.20. The zero-order valence-electron chi connectivity index (χ0n) is 16.0. The predicted molar refractivity (Wildman–Crippen MR) is 117 cm³/mol. The molecule has 3 aromatic rings. The quantitative estimate of drug-likeness (QED) is 0.661. The number of piperazine rings is 1. The van der Waals surface area contributed by atoms with E-state index in [2.05, 4.69) is 33.9 Å². The van der Waals surface area contributed by atoms with E-state index in [1.807, 2.05) is 28.7 Å². The molecule has 4 rings (SSSR count). The van der Waals surface area contributed by atoms with Gasteiger partial charge in [-0.2, -0.15) is 0 Å². The van der Waals surface area contributed by atoms with Gasteiger partial charge in [0.2, 0.25) is 5.91 Å². The minimum Gasteiger partial charge on any atom is -0.353 e. The molecule has 1 amide bonds. The zero-order valence-corrected chi connectivity index (χ0v) is 16.8. The molecule has 7 heteroatoms. The zero-order chi connectivity index (χ0) is 20.2. The summed E-state index contributed by atoms with van der Waals surface area (Å²) in [6.07, 6.45) is 3.06. The summed E-state index contributed by atoms with van der Waals surface area (Å²) in [7, 11) is -1.24. The monoisotopic (exact) mass is 406 g/mol. The molecule has 1 fully saturated rings. The van der Waals surface area contributed by atoms with Crippen molar-refractivity contribution in [3.63, 3.8) is 0 Å². The lowest BCUT2D eigenvalue weighted by atomic mass is 10.1. The molecule has 1 atom stereocenters. The van der Waals surface area contributed by atoms with E-state index in [0.717, 1.165) is 29.2 Å². The van der Waals surface area contributed by atoms with Gasteiger partial charge in [-0.15, -0.1) is 0 Å². The molecule has 2 aromatic carbocycles. The average Bonchev–Trinajstić information content (AvgIpc) is 2.79. The fraction of sp³-hybridized carbons (Fsp3) is 0.182. The normalized spacial score (nSPS) is 15.8. The van der Waals surface area contributed by atoms with E-state index in [1.165, 1.54) is 11.5 Å². The molecule has 1 saturated heterocycles. The Morgan fingerprint density at radius 2 is 1.76 bits per heavy atom.